The Balaban J connectivity index is 1.16. The predicted octanol–water partition coefficient (Wildman–Crippen LogP) is -0.412. The molecule has 34 nitrogen and oxygen atoms in total. The highest BCUT2D eigenvalue weighted by Gasteiger charge is 2.43. The first-order chi connectivity index (χ1) is 52.1. The van der Waals surface area contributed by atoms with Crippen LogP contribution in [0.25, 0.3) is 11.1 Å². The Labute approximate surface area is 635 Å². The number of imidazole rings is 1. The Hall–Kier alpha value is -11.6. The van der Waals surface area contributed by atoms with Crippen LogP contribution in [0.2, 0.25) is 0 Å². The van der Waals surface area contributed by atoms with Crippen LogP contribution >= 0.6 is 0 Å². The number of primary amides is 1. The highest BCUT2D eigenvalue weighted by Crippen LogP contribution is 2.29. The van der Waals surface area contributed by atoms with Gasteiger partial charge in [0, 0.05) is 44.1 Å². The fourth-order valence-electron chi connectivity index (χ4n) is 11.8. The zero-order chi connectivity index (χ0) is 81.0. The Morgan fingerprint density at radius 3 is 1.92 bits per heavy atom. The zero-order valence-corrected chi connectivity index (χ0v) is 63.0. The number of aromatic amines is 2. The number of benzene rings is 4. The Morgan fingerprint density at radius 1 is 0.645 bits per heavy atom. The van der Waals surface area contributed by atoms with Gasteiger partial charge in [-0.15, -0.1) is 10.2 Å². The minimum absolute atomic E-state index is 0.0556. The van der Waals surface area contributed by atoms with Gasteiger partial charge in [0.1, 0.15) is 64.8 Å². The molecule has 0 aliphatic heterocycles. The molecule has 0 aliphatic rings. The van der Waals surface area contributed by atoms with Gasteiger partial charge in [-0.05, 0) is 152 Å². The van der Waals surface area contributed by atoms with Crippen LogP contribution in [0.15, 0.2) is 97.5 Å². The second kappa shape index (κ2) is 41.7. The molecule has 0 fully saturated rings. The second-order valence-corrected chi connectivity index (χ2v) is 27.8. The number of unbranched alkanes of at least 4 members (excludes halogenated alkanes) is 1. The second-order valence-electron chi connectivity index (χ2n) is 27.8. The molecule has 11 amide bonds. The Bertz CT molecular complexity index is 4140. The van der Waals surface area contributed by atoms with Gasteiger partial charge >= 0.3 is 5.97 Å². The monoisotopic (exact) mass is 1530 g/mol. The summed E-state index contributed by atoms with van der Waals surface area (Å²) in [5.41, 5.74) is 14.2. The van der Waals surface area contributed by atoms with Crippen LogP contribution in [-0.4, -0.2) is 203 Å². The molecule has 0 unspecified atom stereocenters. The molecular weight excluding hydrogens is 1430 g/mol. The third-order valence-corrected chi connectivity index (χ3v) is 18.1. The van der Waals surface area contributed by atoms with Crippen molar-refractivity contribution in [3.63, 3.8) is 0 Å². The number of hydrogen-bond acceptors (Lipinski definition) is 20. The van der Waals surface area contributed by atoms with E-state index in [-0.39, 0.29) is 30.8 Å². The highest BCUT2D eigenvalue weighted by molar-refractivity contribution is 6.06. The molecule has 10 atom stereocenters. The fraction of sp³-hybridized carbons (Fsp3) is 0.467. The molecule has 0 saturated carbocycles. The summed E-state index contributed by atoms with van der Waals surface area (Å²) in [5, 5.41) is 69.7. The van der Waals surface area contributed by atoms with Crippen molar-refractivity contribution in [2.24, 2.45) is 16.9 Å². The van der Waals surface area contributed by atoms with E-state index in [4.69, 9.17) is 16.2 Å². The Kier molecular flexibility index (Phi) is 33.1. The lowest BCUT2D eigenvalue weighted by Gasteiger charge is -2.34. The quantitative estimate of drug-likeness (QED) is 0.0171. The number of nitrogens with two attached hydrogens (primary N) is 2. The van der Waals surface area contributed by atoms with E-state index < -0.39 is 168 Å². The molecule has 6 aromatic rings. The number of carboxylic acids is 1. The number of tetrazole rings is 1. The highest BCUT2D eigenvalue weighted by atomic mass is 19.1. The number of rotatable bonds is 44. The molecule has 0 bridgehead atoms. The lowest BCUT2D eigenvalue weighted by Crippen LogP contribution is -2.66. The summed E-state index contributed by atoms with van der Waals surface area (Å²) >= 11 is 0. The first-order valence-corrected chi connectivity index (χ1v) is 36.0. The maximum Gasteiger partial charge on any atom is 0.305 e. The van der Waals surface area contributed by atoms with Crippen molar-refractivity contribution in [1.29, 1.82) is 0 Å². The van der Waals surface area contributed by atoms with Crippen molar-refractivity contribution in [3.8, 4) is 16.9 Å². The topological polar surface area (TPSA) is 530 Å². The fourth-order valence-corrected chi connectivity index (χ4v) is 11.8. The summed E-state index contributed by atoms with van der Waals surface area (Å²) in [7, 11) is 0. The van der Waals surface area contributed by atoms with Gasteiger partial charge in [0.05, 0.1) is 38.1 Å². The molecular formula is C75H101FN18O16. The summed E-state index contributed by atoms with van der Waals surface area (Å²) in [6, 6.07) is 12.0. The minimum Gasteiger partial charge on any atom is -0.494 e. The number of H-pyrrole nitrogens is 2. The number of carbonyl (C=O) groups excluding carboxylic acids is 11. The molecule has 35 heteroatoms. The molecule has 0 spiro atoms. The summed E-state index contributed by atoms with van der Waals surface area (Å²) < 4.78 is 21.5. The van der Waals surface area contributed by atoms with Gasteiger partial charge in [-0.1, -0.05) is 90.0 Å². The van der Waals surface area contributed by atoms with Gasteiger partial charge in [-0.25, -0.2) is 9.37 Å². The number of carbonyl (C=O) groups is 12. The standard InChI is InChI=1S/C75H101FN18O16/c1-10-48-34-52(110-29-14-13-27-77)24-25-53(48)49-22-20-46(21-23-49)33-56(67(103)84-55(64(78)100)19-15-16-47-31-41(2)30-42(3)32-47)86-68(104)58(36-61(98)99)85-65(101)43(4)83-69(105)62(44(5)95)89-73(109)75(9,37-50-17-11-12-18-54(50)76)90-70(106)63(45(6)96)88-60(97)39-81-66(102)57(35-59-91-93-94-92-59)87-72(108)74(7,8)71(107)80-28-26-51-38-79-40-82-51/h11-12,17-18,20-25,30-32,34,38,40,43-45,55-58,62-63,95-96H,10,13-16,19,26-29,33,35-37,39,77H2,1-9H3,(H2,78,100)(H,79,82)(H,80,107)(H,81,102)(H,83,105)(H,84,103)(H,85,101)(H,86,104)(H,87,108)(H,88,97)(H,89,109)(H,90,106)(H,98,99)(H,91,92,93,94)/t43-,44+,45+,55-,56-,57-,58-,62-,63-,75-/m0/s1. The number of amides is 11. The molecule has 2 heterocycles. The predicted molar refractivity (Wildman–Crippen MR) is 398 cm³/mol. The molecule has 4 aromatic carbocycles. The molecule has 6 rings (SSSR count). The van der Waals surface area contributed by atoms with Crippen LogP contribution in [0.4, 0.5) is 4.39 Å². The van der Waals surface area contributed by atoms with E-state index >= 15 is 4.39 Å². The van der Waals surface area contributed by atoms with Crippen LogP contribution in [0.3, 0.4) is 0 Å². The van der Waals surface area contributed by atoms with Crippen molar-refractivity contribution >= 4 is 70.9 Å². The van der Waals surface area contributed by atoms with Crippen molar-refractivity contribution < 1.29 is 82.0 Å². The molecule has 594 valence electrons. The van der Waals surface area contributed by atoms with Gasteiger partial charge in [0.2, 0.25) is 65.0 Å². The van der Waals surface area contributed by atoms with E-state index in [9.17, 15) is 72.9 Å². The molecule has 0 saturated heterocycles. The first kappa shape index (κ1) is 87.3. The number of aryl methyl sites for hydroxylation is 4. The summed E-state index contributed by atoms with van der Waals surface area (Å²) in [4.78, 5) is 173. The average Bonchev–Trinajstić information content (AvgIpc) is 0.860. The first-order valence-electron chi connectivity index (χ1n) is 36.0. The van der Waals surface area contributed by atoms with Gasteiger partial charge in [-0.3, -0.25) is 57.5 Å². The van der Waals surface area contributed by atoms with E-state index in [2.05, 4.69) is 83.8 Å². The molecule has 19 N–H and O–H groups in total. The number of carboxylic acid groups (broad SMARTS) is 1. The number of aliphatic hydroxyl groups excluding tert-OH is 2. The number of aromatic nitrogens is 6. The van der Waals surface area contributed by atoms with Crippen LogP contribution in [0.5, 0.6) is 5.75 Å². The number of nitrogens with one attached hydrogen (secondary N) is 12. The molecule has 0 radical (unpaired) electrons. The maximum absolute atomic E-state index is 15.5. The van der Waals surface area contributed by atoms with Gasteiger partial charge in [0.15, 0.2) is 5.82 Å². The third-order valence-electron chi connectivity index (χ3n) is 18.1. The van der Waals surface area contributed by atoms with Crippen LogP contribution in [0.1, 0.15) is 125 Å². The van der Waals surface area contributed by atoms with Crippen LogP contribution in [0, 0.1) is 25.1 Å². The van der Waals surface area contributed by atoms with Crippen molar-refractivity contribution in [3.05, 3.63) is 148 Å². The zero-order valence-electron chi connectivity index (χ0n) is 63.0. The maximum atomic E-state index is 15.5. The van der Waals surface area contributed by atoms with Crippen molar-refractivity contribution in [2.45, 2.75) is 193 Å². The number of nitrogens with zero attached hydrogens (tertiary/aromatic N) is 4. The number of aliphatic carboxylic acids is 1. The number of hydrogen-bond donors (Lipinski definition) is 17. The number of aliphatic hydroxyl groups is 2. The van der Waals surface area contributed by atoms with Crippen molar-refractivity contribution in [1.82, 2.24) is 83.8 Å². The van der Waals surface area contributed by atoms with E-state index in [0.717, 1.165) is 85.7 Å². The summed E-state index contributed by atoms with van der Waals surface area (Å²) in [5.74, 6) is -13.4. The average molecular weight is 1530 g/mol. The van der Waals surface area contributed by atoms with Gasteiger partial charge in [0.25, 0.3) is 0 Å². The lowest BCUT2D eigenvalue weighted by molar-refractivity contribution is -0.143. The van der Waals surface area contributed by atoms with E-state index in [1.165, 1.54) is 38.4 Å². The van der Waals surface area contributed by atoms with E-state index in [1.54, 1.807) is 18.3 Å². The minimum atomic E-state index is -2.35. The molecule has 2 aromatic heterocycles. The molecule has 110 heavy (non-hydrogen) atoms. The van der Waals surface area contributed by atoms with Crippen LogP contribution in [-0.2, 0) is 96.1 Å². The summed E-state index contributed by atoms with van der Waals surface area (Å²) in [6.45, 7) is 13.2. The SMILES string of the molecule is CCc1cc(OCCCCN)ccc1-c1ccc(C[C@H](NC(=O)[C@H](CC(=O)O)NC(=O)[C@H](C)NC(=O)[C@@H](NC(=O)[C@](C)(Cc2ccccc2F)NC(=O)[C@@H](NC(=O)CNC(=O)[C@H](Cc2nn[nH]n2)NC(=O)C(C)(C)C(=O)NCCc2cnc[nH]2)[C@@H](C)O)[C@@H](C)O)C(=O)N[C@@H](CCCc2cc(C)cc(C)c2)C(N)=O)cc1. The molecule has 0 aliphatic carbocycles. The smallest absolute Gasteiger partial charge is 0.305 e. The number of ether oxygens (including phenoxy) is 1. The van der Waals surface area contributed by atoms with Gasteiger partial charge in [-0.2, -0.15) is 5.21 Å². The van der Waals surface area contributed by atoms with E-state index in [0.29, 0.717) is 50.1 Å². The van der Waals surface area contributed by atoms with Crippen LogP contribution < -0.4 is 69.4 Å². The largest absolute Gasteiger partial charge is 0.494 e. The normalized spacial score (nSPS) is 14.3. The van der Waals surface area contributed by atoms with Crippen molar-refractivity contribution in [2.75, 3.05) is 26.2 Å². The summed E-state index contributed by atoms with van der Waals surface area (Å²) in [6.07, 6.45) is 0.740. The third kappa shape index (κ3) is 26.7. The number of halogens is 1. The lowest BCUT2D eigenvalue weighted by atomic mass is 9.90. The van der Waals surface area contributed by atoms with E-state index in [1.807, 2.05) is 69.3 Å². The Morgan fingerprint density at radius 2 is 1.30 bits per heavy atom. The van der Waals surface area contributed by atoms with Gasteiger partial charge < -0.3 is 89.7 Å².